The van der Waals surface area contributed by atoms with E-state index in [1.807, 2.05) is 13.8 Å². The van der Waals surface area contributed by atoms with E-state index in [1.54, 1.807) is 6.08 Å². The third-order valence-corrected chi connectivity index (χ3v) is 1.84. The van der Waals surface area contributed by atoms with Crippen molar-refractivity contribution in [3.05, 3.63) is 23.9 Å². The number of carbonyl (C=O) groups excluding carboxylic acids is 1. The molecule has 0 radical (unpaired) electrons. The normalized spacial score (nSPS) is 9.69. The Bertz CT molecular complexity index is 328. The molecule has 0 aliphatic rings. The molecule has 0 saturated heterocycles. The van der Waals surface area contributed by atoms with Crippen molar-refractivity contribution in [2.75, 3.05) is 5.32 Å². The lowest BCUT2D eigenvalue weighted by Crippen LogP contribution is -2.10. The van der Waals surface area contributed by atoms with E-state index >= 15 is 0 Å². The molecule has 1 aromatic heterocycles. The number of H-pyrrole nitrogens is 1. The maximum atomic E-state index is 11.1. The molecule has 0 aliphatic carbocycles. The number of hydrogen-bond acceptors (Lipinski definition) is 2. The summed E-state index contributed by atoms with van der Waals surface area (Å²) in [6.45, 7) is 7.29. The van der Waals surface area contributed by atoms with Crippen molar-refractivity contribution >= 4 is 11.7 Å². The van der Waals surface area contributed by atoms with Crippen LogP contribution in [0.4, 0.5) is 5.82 Å². The fourth-order valence-electron chi connectivity index (χ4n) is 0.921. The topological polar surface area (TPSA) is 57.8 Å². The standard InChI is InChI=1S/C9H13N3O/c1-4-5-8(13)10-9-6(2)7(3)11-12-9/h4H,1,5H2,2-3H3,(H2,10,11,12,13). The van der Waals surface area contributed by atoms with Crippen LogP contribution in [0, 0.1) is 13.8 Å². The van der Waals surface area contributed by atoms with E-state index in [0.717, 1.165) is 11.3 Å². The summed E-state index contributed by atoms with van der Waals surface area (Å²) < 4.78 is 0. The number of carbonyl (C=O) groups is 1. The smallest absolute Gasteiger partial charge is 0.229 e. The highest BCUT2D eigenvalue weighted by atomic mass is 16.1. The minimum atomic E-state index is -0.0930. The van der Waals surface area contributed by atoms with Crippen LogP contribution in [-0.2, 0) is 4.79 Å². The number of anilines is 1. The van der Waals surface area contributed by atoms with E-state index in [-0.39, 0.29) is 5.91 Å². The molecule has 13 heavy (non-hydrogen) atoms. The van der Waals surface area contributed by atoms with Gasteiger partial charge in [0.15, 0.2) is 5.82 Å². The summed E-state index contributed by atoms with van der Waals surface area (Å²) in [6, 6.07) is 0. The van der Waals surface area contributed by atoms with Crippen LogP contribution < -0.4 is 5.32 Å². The summed E-state index contributed by atoms with van der Waals surface area (Å²) in [5.74, 6) is 0.508. The summed E-state index contributed by atoms with van der Waals surface area (Å²) in [5, 5.41) is 9.42. The van der Waals surface area contributed by atoms with Crippen LogP contribution in [0.2, 0.25) is 0 Å². The van der Waals surface area contributed by atoms with Gasteiger partial charge in [-0.1, -0.05) is 6.08 Å². The van der Waals surface area contributed by atoms with Crippen LogP contribution >= 0.6 is 0 Å². The number of amides is 1. The molecule has 1 amide bonds. The molecule has 0 atom stereocenters. The Morgan fingerprint density at radius 3 is 2.85 bits per heavy atom. The molecule has 0 spiro atoms. The summed E-state index contributed by atoms with van der Waals surface area (Å²) in [7, 11) is 0. The Labute approximate surface area is 77.0 Å². The number of nitrogens with zero attached hydrogens (tertiary/aromatic N) is 1. The fraction of sp³-hybridized carbons (Fsp3) is 0.333. The van der Waals surface area contributed by atoms with Crippen molar-refractivity contribution in [1.29, 1.82) is 0 Å². The van der Waals surface area contributed by atoms with Gasteiger partial charge in [-0.25, -0.2) is 0 Å². The molecule has 0 unspecified atom stereocenters. The highest BCUT2D eigenvalue weighted by molar-refractivity contribution is 5.91. The number of aryl methyl sites for hydroxylation is 1. The third kappa shape index (κ3) is 2.18. The minimum Gasteiger partial charge on any atom is -0.309 e. The Hall–Kier alpha value is -1.58. The van der Waals surface area contributed by atoms with Gasteiger partial charge in [-0.05, 0) is 13.8 Å². The van der Waals surface area contributed by atoms with Gasteiger partial charge < -0.3 is 5.32 Å². The Balaban J connectivity index is 2.69. The first-order valence-corrected chi connectivity index (χ1v) is 4.07. The summed E-state index contributed by atoms with van der Waals surface area (Å²) >= 11 is 0. The van der Waals surface area contributed by atoms with Gasteiger partial charge in [0.25, 0.3) is 0 Å². The Morgan fingerprint density at radius 1 is 1.69 bits per heavy atom. The van der Waals surface area contributed by atoms with Gasteiger partial charge in [0.05, 0.1) is 0 Å². The van der Waals surface area contributed by atoms with Crippen molar-refractivity contribution in [2.24, 2.45) is 0 Å². The number of rotatable bonds is 3. The molecule has 2 N–H and O–H groups in total. The van der Waals surface area contributed by atoms with Crippen molar-refractivity contribution in [3.8, 4) is 0 Å². The molecule has 0 aliphatic heterocycles. The second-order valence-corrected chi connectivity index (χ2v) is 2.86. The zero-order valence-electron chi connectivity index (χ0n) is 7.85. The highest BCUT2D eigenvalue weighted by Gasteiger charge is 2.07. The van der Waals surface area contributed by atoms with E-state index < -0.39 is 0 Å². The number of hydrogen-bond donors (Lipinski definition) is 2. The highest BCUT2D eigenvalue weighted by Crippen LogP contribution is 2.13. The molecule has 0 fully saturated rings. The van der Waals surface area contributed by atoms with Gasteiger partial charge >= 0.3 is 0 Å². The van der Waals surface area contributed by atoms with Gasteiger partial charge in [0.2, 0.25) is 5.91 Å². The van der Waals surface area contributed by atoms with Gasteiger partial charge in [-0.2, -0.15) is 5.10 Å². The molecule has 0 bridgehead atoms. The molecule has 1 rings (SSSR count). The van der Waals surface area contributed by atoms with Gasteiger partial charge in [-0.15, -0.1) is 6.58 Å². The van der Waals surface area contributed by atoms with E-state index in [9.17, 15) is 4.79 Å². The predicted octanol–water partition coefficient (Wildman–Crippen LogP) is 1.54. The van der Waals surface area contributed by atoms with Crippen molar-refractivity contribution in [3.63, 3.8) is 0 Å². The molecule has 1 aromatic rings. The summed E-state index contributed by atoms with van der Waals surface area (Å²) in [5.41, 5.74) is 1.94. The average Bonchev–Trinajstić information content (AvgIpc) is 2.37. The first-order chi connectivity index (χ1) is 6.15. The van der Waals surface area contributed by atoms with Crippen LogP contribution in [0.5, 0.6) is 0 Å². The Kier molecular flexibility index (Phi) is 2.84. The summed E-state index contributed by atoms with van der Waals surface area (Å²) in [4.78, 5) is 11.1. The maximum absolute atomic E-state index is 11.1. The average molecular weight is 179 g/mol. The first kappa shape index (κ1) is 9.51. The molecule has 4 heteroatoms. The van der Waals surface area contributed by atoms with E-state index in [2.05, 4.69) is 22.1 Å². The Morgan fingerprint density at radius 2 is 2.38 bits per heavy atom. The van der Waals surface area contributed by atoms with Crippen LogP contribution in [0.15, 0.2) is 12.7 Å². The summed E-state index contributed by atoms with van der Waals surface area (Å²) in [6.07, 6.45) is 1.87. The van der Waals surface area contributed by atoms with E-state index in [1.165, 1.54) is 0 Å². The van der Waals surface area contributed by atoms with E-state index in [4.69, 9.17) is 0 Å². The second-order valence-electron chi connectivity index (χ2n) is 2.86. The van der Waals surface area contributed by atoms with Gasteiger partial charge in [-0.3, -0.25) is 9.89 Å². The molecule has 1 heterocycles. The molecule has 70 valence electrons. The fourth-order valence-corrected chi connectivity index (χ4v) is 0.921. The maximum Gasteiger partial charge on any atom is 0.229 e. The monoisotopic (exact) mass is 179 g/mol. The molecule has 0 aromatic carbocycles. The first-order valence-electron chi connectivity index (χ1n) is 4.07. The quantitative estimate of drug-likeness (QED) is 0.691. The van der Waals surface area contributed by atoms with Crippen LogP contribution in [0.25, 0.3) is 0 Å². The minimum absolute atomic E-state index is 0.0930. The van der Waals surface area contributed by atoms with Crippen LogP contribution in [0.3, 0.4) is 0 Å². The largest absolute Gasteiger partial charge is 0.309 e. The lowest BCUT2D eigenvalue weighted by Gasteiger charge is -1.99. The third-order valence-electron chi connectivity index (χ3n) is 1.84. The van der Waals surface area contributed by atoms with Crippen LogP contribution in [-0.4, -0.2) is 16.1 Å². The van der Waals surface area contributed by atoms with Crippen molar-refractivity contribution in [1.82, 2.24) is 10.2 Å². The van der Waals surface area contributed by atoms with Gasteiger partial charge in [0, 0.05) is 17.7 Å². The molecular weight excluding hydrogens is 166 g/mol. The molecular formula is C9H13N3O. The SMILES string of the molecule is C=CCC(=O)Nc1n[nH]c(C)c1C. The number of nitrogens with one attached hydrogen (secondary N) is 2. The predicted molar refractivity (Wildman–Crippen MR) is 51.5 cm³/mol. The zero-order chi connectivity index (χ0) is 9.84. The van der Waals surface area contributed by atoms with Crippen molar-refractivity contribution in [2.45, 2.75) is 20.3 Å². The lowest BCUT2D eigenvalue weighted by atomic mass is 10.3. The second kappa shape index (κ2) is 3.89. The molecule has 4 nitrogen and oxygen atoms in total. The number of aromatic amines is 1. The number of aromatic nitrogens is 2. The zero-order valence-corrected chi connectivity index (χ0v) is 7.85. The molecule has 0 saturated carbocycles. The van der Waals surface area contributed by atoms with E-state index in [0.29, 0.717) is 12.2 Å². The lowest BCUT2D eigenvalue weighted by molar-refractivity contribution is -0.115. The van der Waals surface area contributed by atoms with Crippen molar-refractivity contribution < 1.29 is 4.79 Å². The van der Waals surface area contributed by atoms with Gasteiger partial charge in [0.1, 0.15) is 0 Å². The van der Waals surface area contributed by atoms with Crippen LogP contribution in [0.1, 0.15) is 17.7 Å².